The highest BCUT2D eigenvalue weighted by molar-refractivity contribution is 8.28. The van der Waals surface area contributed by atoms with Gasteiger partial charge >= 0.3 is 0 Å². The van der Waals surface area contributed by atoms with Crippen molar-refractivity contribution in [3.63, 3.8) is 0 Å². The van der Waals surface area contributed by atoms with Crippen LogP contribution >= 0.6 is 0 Å². The molecule has 0 saturated heterocycles. The van der Waals surface area contributed by atoms with Gasteiger partial charge in [-0.3, -0.25) is 0 Å². The summed E-state index contributed by atoms with van der Waals surface area (Å²) < 4.78 is 4.12. The molecule has 1 aliphatic heterocycles. The van der Waals surface area contributed by atoms with E-state index in [1.165, 1.54) is 10.5 Å². The third-order valence-electron chi connectivity index (χ3n) is 1.39. The molecular weight excluding hydrogens is 162 g/mol. The largest absolute Gasteiger partial charge is 0.216 e. The SMILES string of the molecule is S=S1N=Cc2ccccc21. The summed E-state index contributed by atoms with van der Waals surface area (Å²) in [6, 6.07) is 8.08. The molecule has 10 heavy (non-hydrogen) atoms. The number of rotatable bonds is 0. The van der Waals surface area contributed by atoms with Crippen molar-refractivity contribution >= 4 is 27.0 Å². The van der Waals surface area contributed by atoms with Gasteiger partial charge in [-0.15, -0.1) is 0 Å². The molecule has 1 unspecified atom stereocenters. The molecule has 0 N–H and O–H groups in total. The quantitative estimate of drug-likeness (QED) is 0.570. The van der Waals surface area contributed by atoms with Crippen molar-refractivity contribution in [2.45, 2.75) is 4.90 Å². The van der Waals surface area contributed by atoms with Gasteiger partial charge in [0.1, 0.15) is 0 Å². The molecule has 0 radical (unpaired) electrons. The van der Waals surface area contributed by atoms with E-state index in [2.05, 4.69) is 4.40 Å². The maximum Gasteiger partial charge on any atom is 0.0443 e. The number of benzene rings is 1. The summed E-state index contributed by atoms with van der Waals surface area (Å²) in [7, 11) is -0.295. The van der Waals surface area contributed by atoms with Crippen molar-refractivity contribution in [2.75, 3.05) is 0 Å². The Hall–Kier alpha value is -0.540. The zero-order valence-corrected chi connectivity index (χ0v) is 6.78. The second-order valence-corrected chi connectivity index (χ2v) is 4.12. The first-order valence-electron chi connectivity index (χ1n) is 2.93. The summed E-state index contributed by atoms with van der Waals surface area (Å²) >= 11 is 5.09. The minimum absolute atomic E-state index is 0.295. The van der Waals surface area contributed by atoms with E-state index in [0.29, 0.717) is 0 Å². The van der Waals surface area contributed by atoms with Crippen LogP contribution in [0.15, 0.2) is 33.6 Å². The number of nitrogens with zero attached hydrogens (tertiary/aromatic N) is 1. The van der Waals surface area contributed by atoms with Gasteiger partial charge in [-0.05, 0) is 17.3 Å². The first kappa shape index (κ1) is 6.19. The molecule has 2 rings (SSSR count). The lowest BCUT2D eigenvalue weighted by Gasteiger charge is -1.93. The van der Waals surface area contributed by atoms with Gasteiger partial charge < -0.3 is 0 Å². The maximum absolute atomic E-state index is 5.09. The number of fused-ring (bicyclic) bond motifs is 1. The molecule has 1 nitrogen and oxygen atoms in total. The molecule has 0 aromatic heterocycles. The van der Waals surface area contributed by atoms with Gasteiger partial charge in [-0.2, -0.15) is 0 Å². The molecular formula is C7H5NS2. The summed E-state index contributed by atoms with van der Waals surface area (Å²) in [5.74, 6) is 0. The van der Waals surface area contributed by atoms with Crippen LogP contribution in [0.25, 0.3) is 0 Å². The Morgan fingerprint density at radius 1 is 1.30 bits per heavy atom. The molecule has 0 fully saturated rings. The fraction of sp³-hybridized carbons (Fsp3) is 0. The van der Waals surface area contributed by atoms with Gasteiger partial charge in [-0.1, -0.05) is 18.2 Å². The van der Waals surface area contributed by atoms with E-state index in [1.807, 2.05) is 30.5 Å². The van der Waals surface area contributed by atoms with Crippen LogP contribution in [-0.2, 0) is 20.8 Å². The monoisotopic (exact) mass is 167 g/mol. The minimum Gasteiger partial charge on any atom is -0.216 e. The Balaban J connectivity index is 2.70. The van der Waals surface area contributed by atoms with Crippen LogP contribution in [-0.4, -0.2) is 6.21 Å². The smallest absolute Gasteiger partial charge is 0.0443 e. The standard InChI is InChI=1S/C7H5NS2/c9-10-7-4-2-1-3-6(7)5-8-10/h1-5H. The second kappa shape index (κ2) is 2.25. The van der Waals surface area contributed by atoms with Crippen molar-refractivity contribution < 1.29 is 0 Å². The summed E-state index contributed by atoms with van der Waals surface area (Å²) in [5, 5.41) is 0. The Morgan fingerprint density at radius 3 is 2.90 bits per heavy atom. The molecule has 1 heterocycles. The molecule has 0 amide bonds. The lowest BCUT2D eigenvalue weighted by atomic mass is 10.2. The predicted octanol–water partition coefficient (Wildman–Crippen LogP) is 1.47. The lowest BCUT2D eigenvalue weighted by molar-refractivity contribution is 1.45. The zero-order valence-electron chi connectivity index (χ0n) is 5.15. The van der Waals surface area contributed by atoms with E-state index in [1.54, 1.807) is 0 Å². The van der Waals surface area contributed by atoms with Gasteiger partial charge in [0.25, 0.3) is 0 Å². The maximum atomic E-state index is 5.09. The van der Waals surface area contributed by atoms with Crippen LogP contribution in [0.2, 0.25) is 0 Å². The lowest BCUT2D eigenvalue weighted by Crippen LogP contribution is -1.81. The van der Waals surface area contributed by atoms with E-state index in [0.717, 1.165) is 0 Å². The third kappa shape index (κ3) is 0.822. The molecule has 50 valence electrons. The molecule has 1 aromatic rings. The van der Waals surface area contributed by atoms with Gasteiger partial charge in [0, 0.05) is 26.3 Å². The molecule has 3 heteroatoms. The Kier molecular flexibility index (Phi) is 1.39. The van der Waals surface area contributed by atoms with Crippen molar-refractivity contribution in [1.82, 2.24) is 0 Å². The van der Waals surface area contributed by atoms with Crippen LogP contribution in [0, 0.1) is 0 Å². The van der Waals surface area contributed by atoms with Crippen molar-refractivity contribution in [3.8, 4) is 0 Å². The average Bonchev–Trinajstić information content (AvgIpc) is 2.34. The Bertz CT molecular complexity index is 317. The molecule has 0 bridgehead atoms. The van der Waals surface area contributed by atoms with E-state index >= 15 is 0 Å². The highest BCUT2D eigenvalue weighted by Crippen LogP contribution is 2.17. The first-order chi connectivity index (χ1) is 4.88. The summed E-state index contributed by atoms with van der Waals surface area (Å²) in [6.07, 6.45) is 1.85. The highest BCUT2D eigenvalue weighted by atomic mass is 32.8. The van der Waals surface area contributed by atoms with E-state index in [4.69, 9.17) is 11.2 Å². The molecule has 1 atom stereocenters. The molecule has 1 aromatic carbocycles. The van der Waals surface area contributed by atoms with Crippen LogP contribution in [0.1, 0.15) is 5.56 Å². The average molecular weight is 167 g/mol. The van der Waals surface area contributed by atoms with Crippen LogP contribution in [0.5, 0.6) is 0 Å². The van der Waals surface area contributed by atoms with Gasteiger partial charge in [0.05, 0.1) is 0 Å². The summed E-state index contributed by atoms with van der Waals surface area (Å²) in [6.45, 7) is 0. The van der Waals surface area contributed by atoms with Crippen molar-refractivity contribution in [1.29, 1.82) is 0 Å². The van der Waals surface area contributed by atoms with Crippen LogP contribution in [0.4, 0.5) is 0 Å². The fourth-order valence-corrected chi connectivity index (χ4v) is 2.33. The van der Waals surface area contributed by atoms with Gasteiger partial charge in [0.15, 0.2) is 0 Å². The predicted molar refractivity (Wildman–Crippen MR) is 47.0 cm³/mol. The minimum atomic E-state index is -0.295. The van der Waals surface area contributed by atoms with E-state index < -0.39 is 0 Å². The van der Waals surface area contributed by atoms with Crippen LogP contribution in [0.3, 0.4) is 0 Å². The summed E-state index contributed by atoms with van der Waals surface area (Å²) in [4.78, 5) is 1.19. The van der Waals surface area contributed by atoms with Crippen molar-refractivity contribution in [3.05, 3.63) is 29.8 Å². The van der Waals surface area contributed by atoms with E-state index in [9.17, 15) is 0 Å². The summed E-state index contributed by atoms with van der Waals surface area (Å²) in [5.41, 5.74) is 1.18. The highest BCUT2D eigenvalue weighted by Gasteiger charge is 2.07. The Labute approximate surface area is 66.5 Å². The van der Waals surface area contributed by atoms with E-state index in [-0.39, 0.29) is 9.64 Å². The number of hydrogen-bond donors (Lipinski definition) is 0. The molecule has 1 aliphatic rings. The van der Waals surface area contributed by atoms with Crippen LogP contribution < -0.4 is 0 Å². The van der Waals surface area contributed by atoms with Gasteiger partial charge in [-0.25, -0.2) is 4.40 Å². The molecule has 0 spiro atoms. The number of hydrogen-bond acceptors (Lipinski definition) is 1. The molecule has 0 saturated carbocycles. The second-order valence-electron chi connectivity index (χ2n) is 2.02. The third-order valence-corrected chi connectivity index (χ3v) is 3.24. The van der Waals surface area contributed by atoms with Gasteiger partial charge in [0.2, 0.25) is 0 Å². The Morgan fingerprint density at radius 2 is 2.10 bits per heavy atom. The van der Waals surface area contributed by atoms with Crippen molar-refractivity contribution in [2.24, 2.45) is 4.40 Å². The molecule has 0 aliphatic carbocycles. The zero-order chi connectivity index (χ0) is 6.97. The fourth-order valence-electron chi connectivity index (χ4n) is 0.908. The normalized spacial score (nSPS) is 21.0. The first-order valence-corrected chi connectivity index (χ1v) is 5.03. The topological polar surface area (TPSA) is 12.4 Å².